The highest BCUT2D eigenvalue weighted by Gasteiger charge is 2.17. The van der Waals surface area contributed by atoms with E-state index < -0.39 is 0 Å². The van der Waals surface area contributed by atoms with Gasteiger partial charge in [-0.3, -0.25) is 4.79 Å². The van der Waals surface area contributed by atoms with E-state index in [1.807, 2.05) is 0 Å². The number of carbonyl (C=O) groups excluding carboxylic acids is 1. The van der Waals surface area contributed by atoms with Crippen molar-refractivity contribution in [2.75, 3.05) is 14.2 Å². The lowest BCUT2D eigenvalue weighted by Crippen LogP contribution is -2.08. The predicted molar refractivity (Wildman–Crippen MR) is 88.5 cm³/mol. The lowest BCUT2D eigenvalue weighted by atomic mass is 9.95. The Morgan fingerprint density at radius 1 is 0.864 bits per heavy atom. The van der Waals surface area contributed by atoms with Crippen LogP contribution in [0.3, 0.4) is 0 Å². The SMILES string of the molecule is COc1ccc(C(=O)c2ccc(OC)cc2CCl)c(CCl)c1. The van der Waals surface area contributed by atoms with E-state index in [4.69, 9.17) is 32.7 Å². The molecule has 0 saturated heterocycles. The van der Waals surface area contributed by atoms with Crippen LogP contribution >= 0.6 is 23.2 Å². The number of carbonyl (C=O) groups is 1. The van der Waals surface area contributed by atoms with Gasteiger partial charge in [-0.05, 0) is 47.5 Å². The summed E-state index contributed by atoms with van der Waals surface area (Å²) >= 11 is 11.9. The van der Waals surface area contributed by atoms with Crippen molar-refractivity contribution < 1.29 is 14.3 Å². The molecule has 0 saturated carbocycles. The van der Waals surface area contributed by atoms with E-state index in [0.29, 0.717) is 22.6 Å². The van der Waals surface area contributed by atoms with E-state index in [1.165, 1.54) is 0 Å². The standard InChI is InChI=1S/C17H16Cl2O3/c1-21-13-3-5-15(11(7-13)9-18)17(20)16-6-4-14(22-2)8-12(16)10-19/h3-8H,9-10H2,1-2H3. The lowest BCUT2D eigenvalue weighted by Gasteiger charge is -2.12. The first kappa shape index (κ1) is 16.7. The smallest absolute Gasteiger partial charge is 0.193 e. The zero-order chi connectivity index (χ0) is 16.1. The molecule has 22 heavy (non-hydrogen) atoms. The third-order valence-corrected chi connectivity index (χ3v) is 3.98. The number of halogens is 2. The molecular weight excluding hydrogens is 323 g/mol. The van der Waals surface area contributed by atoms with Crippen LogP contribution in [0.1, 0.15) is 27.0 Å². The Morgan fingerprint density at radius 2 is 1.27 bits per heavy atom. The van der Waals surface area contributed by atoms with Gasteiger partial charge in [-0.2, -0.15) is 0 Å². The molecular formula is C17H16Cl2O3. The summed E-state index contributed by atoms with van der Waals surface area (Å²) in [6, 6.07) is 10.5. The number of hydrogen-bond donors (Lipinski definition) is 0. The summed E-state index contributed by atoms with van der Waals surface area (Å²) in [6.07, 6.45) is 0. The van der Waals surface area contributed by atoms with E-state index >= 15 is 0 Å². The van der Waals surface area contributed by atoms with Crippen LogP contribution in [-0.4, -0.2) is 20.0 Å². The molecule has 0 aromatic heterocycles. The maximum Gasteiger partial charge on any atom is 0.193 e. The number of ketones is 1. The molecule has 5 heteroatoms. The molecule has 2 aromatic rings. The molecule has 0 amide bonds. The first-order valence-corrected chi connectivity index (χ1v) is 7.72. The molecule has 0 N–H and O–H groups in total. The van der Waals surface area contributed by atoms with Crippen molar-refractivity contribution in [1.82, 2.24) is 0 Å². The minimum absolute atomic E-state index is 0.114. The van der Waals surface area contributed by atoms with E-state index in [-0.39, 0.29) is 17.5 Å². The quantitative estimate of drug-likeness (QED) is 0.578. The molecule has 0 bridgehead atoms. The highest BCUT2D eigenvalue weighted by Crippen LogP contribution is 2.26. The van der Waals surface area contributed by atoms with Crippen LogP contribution in [0.2, 0.25) is 0 Å². The van der Waals surface area contributed by atoms with Gasteiger partial charge in [0, 0.05) is 22.9 Å². The van der Waals surface area contributed by atoms with Gasteiger partial charge >= 0.3 is 0 Å². The molecule has 3 nitrogen and oxygen atoms in total. The third kappa shape index (κ3) is 3.37. The normalized spacial score (nSPS) is 10.4. The number of benzene rings is 2. The fraction of sp³-hybridized carbons (Fsp3) is 0.235. The molecule has 0 aliphatic carbocycles. The number of rotatable bonds is 6. The van der Waals surface area contributed by atoms with Gasteiger partial charge in [0.25, 0.3) is 0 Å². The van der Waals surface area contributed by atoms with E-state index in [0.717, 1.165) is 11.1 Å². The summed E-state index contributed by atoms with van der Waals surface area (Å²) in [4.78, 5) is 12.8. The summed E-state index contributed by atoms with van der Waals surface area (Å²) in [5.74, 6) is 1.67. The van der Waals surface area contributed by atoms with Crippen LogP contribution < -0.4 is 9.47 Å². The fourth-order valence-corrected chi connectivity index (χ4v) is 2.65. The summed E-state index contributed by atoms with van der Waals surface area (Å²) in [5.41, 5.74) is 2.55. The topological polar surface area (TPSA) is 35.5 Å². The zero-order valence-electron chi connectivity index (χ0n) is 12.4. The Labute approximate surface area is 139 Å². The Balaban J connectivity index is 2.48. The molecule has 0 aliphatic heterocycles. The molecule has 2 aromatic carbocycles. The van der Waals surface area contributed by atoms with Crippen molar-refractivity contribution in [3.05, 3.63) is 58.7 Å². The molecule has 116 valence electrons. The third-order valence-electron chi connectivity index (χ3n) is 3.40. The van der Waals surface area contributed by atoms with Crippen LogP contribution in [0.4, 0.5) is 0 Å². The average Bonchev–Trinajstić information content (AvgIpc) is 2.59. The maximum atomic E-state index is 12.8. The first-order valence-electron chi connectivity index (χ1n) is 6.65. The Morgan fingerprint density at radius 3 is 1.59 bits per heavy atom. The van der Waals surface area contributed by atoms with Crippen LogP contribution in [0, 0.1) is 0 Å². The van der Waals surface area contributed by atoms with Crippen molar-refractivity contribution in [3.8, 4) is 11.5 Å². The van der Waals surface area contributed by atoms with Crippen LogP contribution in [0.5, 0.6) is 11.5 Å². The van der Waals surface area contributed by atoms with Crippen molar-refractivity contribution in [3.63, 3.8) is 0 Å². The van der Waals surface area contributed by atoms with Gasteiger partial charge in [-0.1, -0.05) is 0 Å². The van der Waals surface area contributed by atoms with Gasteiger partial charge < -0.3 is 9.47 Å². The second-order valence-electron chi connectivity index (χ2n) is 4.64. The Kier molecular flexibility index (Phi) is 5.69. The first-order chi connectivity index (χ1) is 10.6. The largest absolute Gasteiger partial charge is 0.497 e. The second-order valence-corrected chi connectivity index (χ2v) is 5.18. The van der Waals surface area contributed by atoms with Crippen LogP contribution in [0.25, 0.3) is 0 Å². The lowest BCUT2D eigenvalue weighted by molar-refractivity contribution is 0.103. The molecule has 2 rings (SSSR count). The van der Waals surface area contributed by atoms with E-state index in [2.05, 4.69) is 0 Å². The second kappa shape index (κ2) is 7.52. The van der Waals surface area contributed by atoms with Crippen molar-refractivity contribution >= 4 is 29.0 Å². The fourth-order valence-electron chi connectivity index (χ4n) is 2.20. The zero-order valence-corrected chi connectivity index (χ0v) is 13.9. The monoisotopic (exact) mass is 338 g/mol. The van der Waals surface area contributed by atoms with Gasteiger partial charge in [0.05, 0.1) is 14.2 Å². The van der Waals surface area contributed by atoms with Crippen molar-refractivity contribution in [2.45, 2.75) is 11.8 Å². The van der Waals surface area contributed by atoms with Crippen molar-refractivity contribution in [2.24, 2.45) is 0 Å². The number of ether oxygens (including phenoxy) is 2. The molecule has 0 spiro atoms. The molecule has 0 unspecified atom stereocenters. The molecule has 0 heterocycles. The molecule has 0 radical (unpaired) electrons. The average molecular weight is 339 g/mol. The Bertz CT molecular complexity index is 626. The van der Waals surface area contributed by atoms with Gasteiger partial charge in [0.2, 0.25) is 0 Å². The summed E-state index contributed by atoms with van der Waals surface area (Å²) < 4.78 is 10.3. The minimum atomic E-state index is -0.114. The van der Waals surface area contributed by atoms with Crippen LogP contribution in [0.15, 0.2) is 36.4 Å². The summed E-state index contributed by atoms with van der Waals surface area (Å²) in [6.45, 7) is 0. The Hall–Kier alpha value is -1.71. The molecule has 0 fully saturated rings. The highest BCUT2D eigenvalue weighted by molar-refractivity contribution is 6.20. The van der Waals surface area contributed by atoms with Gasteiger partial charge in [0.1, 0.15) is 11.5 Å². The summed E-state index contributed by atoms with van der Waals surface area (Å²) in [5, 5.41) is 0. The van der Waals surface area contributed by atoms with Gasteiger partial charge in [-0.25, -0.2) is 0 Å². The maximum absolute atomic E-state index is 12.8. The summed E-state index contributed by atoms with van der Waals surface area (Å²) in [7, 11) is 3.15. The van der Waals surface area contributed by atoms with Gasteiger partial charge in [0.15, 0.2) is 5.78 Å². The minimum Gasteiger partial charge on any atom is -0.497 e. The molecule has 0 atom stereocenters. The predicted octanol–water partition coefficient (Wildman–Crippen LogP) is 4.41. The molecule has 0 aliphatic rings. The van der Waals surface area contributed by atoms with Crippen molar-refractivity contribution in [1.29, 1.82) is 0 Å². The number of alkyl halides is 2. The van der Waals surface area contributed by atoms with Crippen LogP contribution in [-0.2, 0) is 11.8 Å². The number of hydrogen-bond acceptors (Lipinski definition) is 3. The van der Waals surface area contributed by atoms with E-state index in [1.54, 1.807) is 50.6 Å². The number of methoxy groups -OCH3 is 2. The van der Waals surface area contributed by atoms with E-state index in [9.17, 15) is 4.79 Å². The highest BCUT2D eigenvalue weighted by atomic mass is 35.5. The van der Waals surface area contributed by atoms with Gasteiger partial charge in [-0.15, -0.1) is 23.2 Å².